The van der Waals surface area contributed by atoms with Crippen LogP contribution in [0, 0.1) is 29.1 Å². The smallest absolute Gasteiger partial charge is 0.283 e. The highest BCUT2D eigenvalue weighted by molar-refractivity contribution is 6.10. The maximum Gasteiger partial charge on any atom is 0.457 e. The third kappa shape index (κ3) is 3.07. The zero-order valence-electron chi connectivity index (χ0n) is 16.2. The fourth-order valence-electron chi connectivity index (χ4n) is 3.54. The van der Waals surface area contributed by atoms with Crippen molar-refractivity contribution >= 4 is 11.4 Å². The Hall–Kier alpha value is -3.15. The van der Waals surface area contributed by atoms with Crippen molar-refractivity contribution in [1.82, 2.24) is 0 Å². The molecule has 0 heterocycles. The van der Waals surface area contributed by atoms with E-state index >= 15 is 4.39 Å². The number of hydrogen-bond acceptors (Lipinski definition) is 1. The molecule has 0 saturated carbocycles. The number of fused-ring (bicyclic) bond motifs is 1. The Morgan fingerprint density at radius 2 is 0.946 bits per heavy atom. The van der Waals surface area contributed by atoms with Crippen LogP contribution in [0.15, 0.2) is 28.6 Å². The Labute approximate surface area is 189 Å². The molecule has 0 spiro atoms. The van der Waals surface area contributed by atoms with E-state index in [9.17, 15) is 79.4 Å². The summed E-state index contributed by atoms with van der Waals surface area (Å²) in [6.07, 6.45) is -7.69. The third-order valence-corrected chi connectivity index (χ3v) is 5.26. The Morgan fingerprint density at radius 1 is 0.541 bits per heavy atom. The molecule has 1 nitrogen and oxygen atoms in total. The summed E-state index contributed by atoms with van der Waals surface area (Å²) in [5.41, 5.74) is -22.5. The molecule has 1 atom stereocenters. The molecule has 0 N–H and O–H groups in total. The lowest BCUT2D eigenvalue weighted by atomic mass is 9.65. The molecule has 0 amide bonds. The topological polar surface area (TPSA) is 17.1 Å². The van der Waals surface area contributed by atoms with Gasteiger partial charge in [0, 0.05) is 5.57 Å². The maximum atomic E-state index is 15.2. The highest BCUT2D eigenvalue weighted by Gasteiger charge is 2.90. The second-order valence-corrected chi connectivity index (χ2v) is 7.22. The lowest BCUT2D eigenvalue weighted by Crippen LogP contribution is -2.72. The molecule has 0 aromatic heterocycles. The standard InChI is InChI=1S/C18F18O/c19-5-1-3(2-6(20)9(23)11(25)10(24)7(2)21)15(28,29)16(30,31)14(27,17(32,33)18(34,35)36)4(1)8(22)13(37)12(5)26. The van der Waals surface area contributed by atoms with E-state index in [0.717, 1.165) is 0 Å². The normalized spacial score (nSPS) is 24.2. The molecule has 2 aliphatic carbocycles. The zero-order valence-corrected chi connectivity index (χ0v) is 16.2. The zero-order chi connectivity index (χ0) is 29.0. The van der Waals surface area contributed by atoms with E-state index in [-0.39, 0.29) is 0 Å². The number of halogens is 18. The van der Waals surface area contributed by atoms with Gasteiger partial charge in [0.2, 0.25) is 11.6 Å². The summed E-state index contributed by atoms with van der Waals surface area (Å²) in [6.45, 7) is 0. The summed E-state index contributed by atoms with van der Waals surface area (Å²) in [5.74, 6) is -54.5. The predicted molar refractivity (Wildman–Crippen MR) is 80.3 cm³/mol. The first-order valence-electron chi connectivity index (χ1n) is 8.61. The van der Waals surface area contributed by atoms with Crippen molar-refractivity contribution < 1.29 is 83.8 Å². The molecule has 1 unspecified atom stereocenters. The molecule has 1 aromatic carbocycles. The number of ketones is 1. The number of hydrogen-bond donors (Lipinski definition) is 0. The first-order chi connectivity index (χ1) is 16.4. The molecular formula is C18F18O. The number of Topliss-reactive ketones (excluding diaryl/α,β-unsaturated/α-hetero) is 1. The number of rotatable bonds is 2. The summed E-state index contributed by atoms with van der Waals surface area (Å²) >= 11 is 0. The number of benzene rings is 1. The SMILES string of the molecule is O=C1C(F)=C(F)C2=C(c3c(F)c(F)c(F)c(F)c3F)C(F)(F)C(F)(F)C(F)(C(F)(F)C(F)(F)F)C2=C1F. The molecule has 37 heavy (non-hydrogen) atoms. The van der Waals surface area contributed by atoms with Gasteiger partial charge in [-0.3, -0.25) is 4.79 Å². The summed E-state index contributed by atoms with van der Waals surface area (Å²) in [6, 6.07) is 0. The van der Waals surface area contributed by atoms with Gasteiger partial charge in [0.1, 0.15) is 0 Å². The van der Waals surface area contributed by atoms with Crippen molar-refractivity contribution in [3.63, 3.8) is 0 Å². The van der Waals surface area contributed by atoms with Crippen molar-refractivity contribution in [2.24, 2.45) is 0 Å². The molecule has 0 aliphatic heterocycles. The molecule has 0 fully saturated rings. The average Bonchev–Trinajstić information content (AvgIpc) is 2.78. The maximum absolute atomic E-state index is 15.2. The van der Waals surface area contributed by atoms with Crippen LogP contribution in [0.5, 0.6) is 0 Å². The number of alkyl halides is 10. The van der Waals surface area contributed by atoms with Crippen molar-refractivity contribution in [3.8, 4) is 0 Å². The fraction of sp³-hybridized carbons (Fsp3) is 0.278. The highest BCUT2D eigenvalue weighted by Crippen LogP contribution is 2.69. The molecule has 204 valence electrons. The van der Waals surface area contributed by atoms with Crippen LogP contribution in [-0.4, -0.2) is 35.4 Å². The lowest BCUT2D eigenvalue weighted by molar-refractivity contribution is -0.372. The quantitative estimate of drug-likeness (QED) is 0.206. The van der Waals surface area contributed by atoms with Gasteiger partial charge in [0.25, 0.3) is 11.5 Å². The van der Waals surface area contributed by atoms with E-state index in [1.54, 1.807) is 0 Å². The van der Waals surface area contributed by atoms with Gasteiger partial charge in [0.15, 0.2) is 34.9 Å². The molecular weight excluding hydrogens is 574 g/mol. The molecule has 0 radical (unpaired) electrons. The first-order valence-corrected chi connectivity index (χ1v) is 8.61. The van der Waals surface area contributed by atoms with Crippen molar-refractivity contribution in [1.29, 1.82) is 0 Å². The van der Waals surface area contributed by atoms with E-state index in [2.05, 4.69) is 0 Å². The fourth-order valence-corrected chi connectivity index (χ4v) is 3.54. The minimum absolute atomic E-state index is 3.21. The lowest BCUT2D eigenvalue weighted by Gasteiger charge is -2.48. The van der Waals surface area contributed by atoms with E-state index in [0.29, 0.717) is 0 Å². The molecule has 2 aliphatic rings. The van der Waals surface area contributed by atoms with E-state index in [1.807, 2.05) is 0 Å². The average molecular weight is 574 g/mol. The summed E-state index contributed by atoms with van der Waals surface area (Å²) in [7, 11) is 0. The van der Waals surface area contributed by atoms with Gasteiger partial charge in [-0.25, -0.2) is 35.1 Å². The van der Waals surface area contributed by atoms with Gasteiger partial charge in [-0.05, 0) is 0 Å². The molecule has 0 saturated heterocycles. The van der Waals surface area contributed by atoms with Crippen LogP contribution in [0.1, 0.15) is 5.56 Å². The molecule has 3 rings (SSSR count). The minimum atomic E-state index is -7.92. The third-order valence-electron chi connectivity index (χ3n) is 5.26. The van der Waals surface area contributed by atoms with Crippen LogP contribution < -0.4 is 0 Å². The van der Waals surface area contributed by atoms with E-state index in [1.165, 1.54) is 0 Å². The molecule has 19 heteroatoms. The second-order valence-electron chi connectivity index (χ2n) is 7.22. The van der Waals surface area contributed by atoms with Gasteiger partial charge < -0.3 is 0 Å². The van der Waals surface area contributed by atoms with Crippen LogP contribution >= 0.6 is 0 Å². The van der Waals surface area contributed by atoms with Gasteiger partial charge >= 0.3 is 23.9 Å². The summed E-state index contributed by atoms with van der Waals surface area (Å²) < 4.78 is 252. The second kappa shape index (κ2) is 7.68. The Bertz CT molecular complexity index is 1310. The largest absolute Gasteiger partial charge is 0.457 e. The van der Waals surface area contributed by atoms with Crippen LogP contribution in [0.4, 0.5) is 79.0 Å². The summed E-state index contributed by atoms with van der Waals surface area (Å²) in [4.78, 5) is 11.4. The van der Waals surface area contributed by atoms with Gasteiger partial charge in [-0.15, -0.1) is 0 Å². The van der Waals surface area contributed by atoms with Crippen molar-refractivity contribution in [2.45, 2.75) is 29.6 Å². The number of carbonyl (C=O) groups excluding carboxylic acids is 1. The Balaban J connectivity index is 2.78. The van der Waals surface area contributed by atoms with Crippen LogP contribution in [0.3, 0.4) is 0 Å². The van der Waals surface area contributed by atoms with Gasteiger partial charge in [-0.2, -0.15) is 43.9 Å². The number of carbonyl (C=O) groups is 1. The van der Waals surface area contributed by atoms with Crippen LogP contribution in [-0.2, 0) is 4.79 Å². The van der Waals surface area contributed by atoms with E-state index < -0.39 is 104 Å². The number of allylic oxidation sites excluding steroid dienone is 6. The first kappa shape index (κ1) is 28.4. The molecule has 1 aromatic rings. The van der Waals surface area contributed by atoms with Crippen molar-refractivity contribution in [2.75, 3.05) is 0 Å². The van der Waals surface area contributed by atoms with Crippen molar-refractivity contribution in [3.05, 3.63) is 63.3 Å². The Kier molecular flexibility index (Phi) is 5.90. The minimum Gasteiger partial charge on any atom is -0.283 e. The van der Waals surface area contributed by atoms with E-state index in [4.69, 9.17) is 0 Å². The predicted octanol–water partition coefficient (Wildman–Crippen LogP) is 7.28. The van der Waals surface area contributed by atoms with Gasteiger partial charge in [0.05, 0.1) is 16.7 Å². The van der Waals surface area contributed by atoms with Gasteiger partial charge in [-0.1, -0.05) is 0 Å². The van der Waals surface area contributed by atoms with Crippen LogP contribution in [0.25, 0.3) is 5.57 Å². The Morgan fingerprint density at radius 3 is 1.35 bits per heavy atom. The molecule has 0 bridgehead atoms. The van der Waals surface area contributed by atoms with Crippen LogP contribution in [0.2, 0.25) is 0 Å². The highest BCUT2D eigenvalue weighted by atomic mass is 19.4. The monoisotopic (exact) mass is 574 g/mol. The summed E-state index contributed by atoms with van der Waals surface area (Å²) in [5, 5.41) is 0.